The molecule has 0 aromatic heterocycles. The first-order valence-electron chi connectivity index (χ1n) is 12.2. The maximum Gasteiger partial charge on any atom is 0.408 e. The quantitative estimate of drug-likeness (QED) is 0.339. The van der Waals surface area contributed by atoms with Crippen LogP contribution in [0.2, 0.25) is 0 Å². The molecular formula is C23H40N4O6. The van der Waals surface area contributed by atoms with Crippen LogP contribution in [0, 0.1) is 17.8 Å². The lowest BCUT2D eigenvalue weighted by molar-refractivity contribution is -0.138. The first kappa shape index (κ1) is 26.9. The molecule has 2 saturated heterocycles. The predicted molar refractivity (Wildman–Crippen MR) is 122 cm³/mol. The van der Waals surface area contributed by atoms with E-state index < -0.39 is 30.6 Å². The van der Waals surface area contributed by atoms with Crippen LogP contribution in [0.15, 0.2) is 0 Å². The van der Waals surface area contributed by atoms with Crippen molar-refractivity contribution >= 4 is 23.9 Å². The van der Waals surface area contributed by atoms with Gasteiger partial charge in [-0.15, -0.1) is 0 Å². The third kappa shape index (κ3) is 10.4. The van der Waals surface area contributed by atoms with E-state index >= 15 is 0 Å². The molecule has 0 aliphatic carbocycles. The first-order valence-corrected chi connectivity index (χ1v) is 12.2. The Balaban J connectivity index is 1.82. The number of hydrogen-bond acceptors (Lipinski definition) is 6. The number of carbonyl (C=O) groups is 4. The van der Waals surface area contributed by atoms with Crippen LogP contribution >= 0.6 is 0 Å². The molecule has 0 aromatic rings. The molecule has 4 N–H and O–H groups in total. The number of nitrogens with zero attached hydrogens (tertiary/aromatic N) is 1. The second kappa shape index (κ2) is 14.0. The summed E-state index contributed by atoms with van der Waals surface area (Å²) >= 11 is 0. The van der Waals surface area contributed by atoms with Crippen molar-refractivity contribution in [1.82, 2.24) is 20.9 Å². The smallest absolute Gasteiger partial charge is 0.408 e. The van der Waals surface area contributed by atoms with Crippen LogP contribution in [0.25, 0.3) is 0 Å². The van der Waals surface area contributed by atoms with Crippen molar-refractivity contribution in [3.8, 4) is 0 Å². The Hall–Kier alpha value is -2.36. The summed E-state index contributed by atoms with van der Waals surface area (Å²) in [4.78, 5) is 50.4. The van der Waals surface area contributed by atoms with E-state index in [0.717, 1.165) is 32.4 Å². The minimum atomic E-state index is -1.15. The number of amides is 3. The number of likely N-dealkylation sites (tertiary alicyclic amines) is 1. The number of carboxylic acid groups (broad SMARTS) is 1. The van der Waals surface area contributed by atoms with Crippen molar-refractivity contribution in [3.05, 3.63) is 0 Å². The normalized spacial score (nSPS) is 20.2. The molecule has 10 heteroatoms. The Bertz CT molecular complexity index is 665. The SMILES string of the molecule is CC(C)CCOC(=O)N[C@@H](CC(=O)O)NC(=O)[C@@H]1CCCN(C(=O)CCC2CCNCC2)C1. The first-order chi connectivity index (χ1) is 15.7. The minimum Gasteiger partial charge on any atom is -0.481 e. The molecule has 0 bridgehead atoms. The van der Waals surface area contributed by atoms with Crippen molar-refractivity contribution in [3.63, 3.8) is 0 Å². The standard InChI is InChI=1S/C23H40N4O6/c1-16(2)9-13-33-23(32)26-19(14-21(29)30)25-22(31)18-4-3-12-27(15-18)20(28)6-5-17-7-10-24-11-8-17/h16-19,24H,3-15H2,1-2H3,(H,25,31)(H,26,32)(H,29,30)/t18-,19+/m1/s1. The molecule has 2 atom stereocenters. The molecule has 2 heterocycles. The fraction of sp³-hybridized carbons (Fsp3) is 0.826. The molecule has 0 radical (unpaired) electrons. The van der Waals surface area contributed by atoms with Gasteiger partial charge in [-0.1, -0.05) is 13.8 Å². The lowest BCUT2D eigenvalue weighted by Gasteiger charge is -2.33. The van der Waals surface area contributed by atoms with Gasteiger partial charge in [-0.2, -0.15) is 0 Å². The van der Waals surface area contributed by atoms with Gasteiger partial charge in [0.05, 0.1) is 18.9 Å². The summed E-state index contributed by atoms with van der Waals surface area (Å²) < 4.78 is 5.07. The monoisotopic (exact) mass is 468 g/mol. The summed E-state index contributed by atoms with van der Waals surface area (Å²) in [6.07, 6.45) is 3.26. The molecule has 2 aliphatic heterocycles. The van der Waals surface area contributed by atoms with Gasteiger partial charge in [-0.3, -0.25) is 14.4 Å². The lowest BCUT2D eigenvalue weighted by Crippen LogP contribution is -2.53. The molecule has 3 amide bonds. The summed E-state index contributed by atoms with van der Waals surface area (Å²) in [6, 6.07) is 0. The molecular weight excluding hydrogens is 428 g/mol. The highest BCUT2D eigenvalue weighted by Crippen LogP contribution is 2.21. The van der Waals surface area contributed by atoms with Crippen LogP contribution < -0.4 is 16.0 Å². The van der Waals surface area contributed by atoms with Gasteiger partial charge < -0.3 is 30.7 Å². The average molecular weight is 469 g/mol. The minimum absolute atomic E-state index is 0.0694. The van der Waals surface area contributed by atoms with E-state index in [2.05, 4.69) is 16.0 Å². The van der Waals surface area contributed by atoms with Crippen LogP contribution in [0.4, 0.5) is 4.79 Å². The van der Waals surface area contributed by atoms with E-state index in [1.807, 2.05) is 13.8 Å². The van der Waals surface area contributed by atoms with Gasteiger partial charge in [-0.25, -0.2) is 4.79 Å². The number of alkyl carbamates (subject to hydrolysis) is 1. The third-order valence-electron chi connectivity index (χ3n) is 6.29. The zero-order valence-electron chi connectivity index (χ0n) is 19.9. The zero-order valence-corrected chi connectivity index (χ0v) is 19.9. The Morgan fingerprint density at radius 1 is 1.12 bits per heavy atom. The second-order valence-corrected chi connectivity index (χ2v) is 9.53. The number of nitrogens with one attached hydrogen (secondary N) is 3. The van der Waals surface area contributed by atoms with Gasteiger partial charge >= 0.3 is 12.1 Å². The van der Waals surface area contributed by atoms with Gasteiger partial charge in [0.15, 0.2) is 0 Å². The van der Waals surface area contributed by atoms with Crippen molar-refractivity contribution in [2.24, 2.45) is 17.8 Å². The molecule has 33 heavy (non-hydrogen) atoms. The second-order valence-electron chi connectivity index (χ2n) is 9.53. The van der Waals surface area contributed by atoms with Gasteiger partial charge in [0.2, 0.25) is 11.8 Å². The predicted octanol–water partition coefficient (Wildman–Crippen LogP) is 1.69. The van der Waals surface area contributed by atoms with Crippen LogP contribution in [0.5, 0.6) is 0 Å². The lowest BCUT2D eigenvalue weighted by atomic mass is 9.92. The van der Waals surface area contributed by atoms with E-state index in [4.69, 9.17) is 9.84 Å². The Morgan fingerprint density at radius 3 is 2.52 bits per heavy atom. The summed E-state index contributed by atoms with van der Waals surface area (Å²) in [6.45, 7) is 7.17. The van der Waals surface area contributed by atoms with E-state index in [1.54, 1.807) is 4.90 Å². The molecule has 2 rings (SSSR count). The topological polar surface area (TPSA) is 137 Å². The molecule has 0 saturated carbocycles. The van der Waals surface area contributed by atoms with Crippen molar-refractivity contribution in [2.75, 3.05) is 32.8 Å². The molecule has 0 unspecified atom stereocenters. The van der Waals surface area contributed by atoms with Gasteiger partial charge in [0, 0.05) is 19.5 Å². The fourth-order valence-corrected chi connectivity index (χ4v) is 4.25. The Labute approximate surface area is 196 Å². The number of aliphatic carboxylic acids is 1. The maximum atomic E-state index is 12.8. The number of piperidine rings is 2. The number of carbonyl (C=O) groups excluding carboxylic acids is 3. The largest absolute Gasteiger partial charge is 0.481 e. The molecule has 2 aliphatic rings. The Morgan fingerprint density at radius 2 is 1.85 bits per heavy atom. The fourth-order valence-electron chi connectivity index (χ4n) is 4.25. The van der Waals surface area contributed by atoms with Crippen molar-refractivity contribution in [2.45, 2.75) is 71.4 Å². The number of ether oxygens (including phenoxy) is 1. The highest BCUT2D eigenvalue weighted by molar-refractivity contribution is 5.82. The van der Waals surface area contributed by atoms with Crippen LogP contribution in [0.3, 0.4) is 0 Å². The van der Waals surface area contributed by atoms with E-state index in [1.165, 1.54) is 0 Å². The van der Waals surface area contributed by atoms with Crippen LogP contribution in [-0.4, -0.2) is 72.8 Å². The molecule has 10 nitrogen and oxygen atoms in total. The highest BCUT2D eigenvalue weighted by Gasteiger charge is 2.30. The molecule has 0 spiro atoms. The molecule has 2 fully saturated rings. The van der Waals surface area contributed by atoms with E-state index in [9.17, 15) is 19.2 Å². The molecule has 188 valence electrons. The molecule has 0 aromatic carbocycles. The van der Waals surface area contributed by atoms with Gasteiger partial charge in [0.25, 0.3) is 0 Å². The maximum absolute atomic E-state index is 12.8. The van der Waals surface area contributed by atoms with Crippen LogP contribution in [0.1, 0.15) is 65.2 Å². The third-order valence-corrected chi connectivity index (χ3v) is 6.29. The summed E-state index contributed by atoms with van der Waals surface area (Å²) in [5.41, 5.74) is 0. The number of hydrogen-bond donors (Lipinski definition) is 4. The summed E-state index contributed by atoms with van der Waals surface area (Å²) in [5, 5.41) is 17.5. The Kier molecular flexibility index (Phi) is 11.4. The van der Waals surface area contributed by atoms with E-state index in [-0.39, 0.29) is 18.4 Å². The van der Waals surface area contributed by atoms with Gasteiger partial charge in [-0.05, 0) is 63.5 Å². The van der Waals surface area contributed by atoms with Crippen molar-refractivity contribution in [1.29, 1.82) is 0 Å². The van der Waals surface area contributed by atoms with Crippen LogP contribution in [-0.2, 0) is 19.1 Å². The van der Waals surface area contributed by atoms with E-state index in [0.29, 0.717) is 50.6 Å². The number of rotatable bonds is 11. The summed E-state index contributed by atoms with van der Waals surface area (Å²) in [5.74, 6) is -0.941. The highest BCUT2D eigenvalue weighted by atomic mass is 16.5. The summed E-state index contributed by atoms with van der Waals surface area (Å²) in [7, 11) is 0. The van der Waals surface area contributed by atoms with Gasteiger partial charge in [0.1, 0.15) is 6.17 Å². The van der Waals surface area contributed by atoms with Crippen molar-refractivity contribution < 1.29 is 29.0 Å². The zero-order chi connectivity index (χ0) is 24.2. The average Bonchev–Trinajstić information content (AvgIpc) is 2.77. The number of carboxylic acids is 1.